The first-order chi connectivity index (χ1) is 15.3. The lowest BCUT2D eigenvalue weighted by Gasteiger charge is -2.22. The molecule has 0 aromatic heterocycles. The van der Waals surface area contributed by atoms with E-state index in [1.807, 2.05) is 36.4 Å². The molecular formula is C24H26N2O6. The van der Waals surface area contributed by atoms with Crippen LogP contribution in [0, 0.1) is 5.41 Å². The lowest BCUT2D eigenvalue weighted by atomic mass is 9.98. The summed E-state index contributed by atoms with van der Waals surface area (Å²) in [6.07, 6.45) is -0.818. The first kappa shape index (κ1) is 21.8. The van der Waals surface area contributed by atoms with Gasteiger partial charge in [0.25, 0.3) is 0 Å². The molecule has 2 atom stereocenters. The Morgan fingerprint density at radius 2 is 1.62 bits per heavy atom. The van der Waals surface area contributed by atoms with Crippen molar-refractivity contribution in [3.8, 4) is 11.1 Å². The quantitative estimate of drug-likeness (QED) is 0.501. The summed E-state index contributed by atoms with van der Waals surface area (Å²) in [5, 5.41) is 23.7. The Labute approximate surface area is 185 Å². The number of fused-ring (bicyclic) bond motifs is 3. The highest BCUT2D eigenvalue weighted by Gasteiger charge is 2.51. The molecule has 0 bridgehead atoms. The SMILES string of the molecule is C[C@@H](O)[C@H](NC(=O)C1(CNC(=O)OCC2c3ccccc3-c3ccccc32)CC1)C(=O)O. The molecule has 0 saturated heterocycles. The Morgan fingerprint density at radius 1 is 1.06 bits per heavy atom. The Kier molecular flexibility index (Phi) is 5.88. The van der Waals surface area contributed by atoms with Crippen LogP contribution < -0.4 is 10.6 Å². The molecule has 0 heterocycles. The van der Waals surface area contributed by atoms with E-state index in [2.05, 4.69) is 22.8 Å². The summed E-state index contributed by atoms with van der Waals surface area (Å²) in [5.41, 5.74) is 3.62. The predicted molar refractivity (Wildman–Crippen MR) is 116 cm³/mol. The van der Waals surface area contributed by atoms with E-state index in [-0.39, 0.29) is 19.1 Å². The maximum Gasteiger partial charge on any atom is 0.407 e. The molecule has 168 valence electrons. The molecule has 2 aromatic rings. The number of carboxylic acid groups (broad SMARTS) is 1. The fourth-order valence-electron chi connectivity index (χ4n) is 4.21. The summed E-state index contributed by atoms with van der Waals surface area (Å²) < 4.78 is 5.48. The van der Waals surface area contributed by atoms with Crippen LogP contribution in [0.25, 0.3) is 11.1 Å². The maximum absolute atomic E-state index is 12.5. The van der Waals surface area contributed by atoms with Crippen molar-refractivity contribution in [3.63, 3.8) is 0 Å². The predicted octanol–water partition coefficient (Wildman–Crippen LogP) is 2.26. The maximum atomic E-state index is 12.5. The average molecular weight is 438 g/mol. The number of rotatable bonds is 8. The first-order valence-corrected chi connectivity index (χ1v) is 10.6. The van der Waals surface area contributed by atoms with Crippen molar-refractivity contribution in [2.45, 2.75) is 37.8 Å². The van der Waals surface area contributed by atoms with Gasteiger partial charge in [-0.3, -0.25) is 4.79 Å². The van der Waals surface area contributed by atoms with E-state index in [1.54, 1.807) is 0 Å². The Balaban J connectivity index is 1.33. The van der Waals surface area contributed by atoms with Crippen molar-refractivity contribution in [1.82, 2.24) is 10.6 Å². The number of carbonyl (C=O) groups is 3. The molecule has 4 rings (SSSR count). The molecule has 8 heteroatoms. The molecule has 2 aromatic carbocycles. The van der Waals surface area contributed by atoms with Crippen LogP contribution in [0.4, 0.5) is 4.79 Å². The number of hydrogen-bond acceptors (Lipinski definition) is 5. The van der Waals surface area contributed by atoms with Crippen LogP contribution in [-0.2, 0) is 14.3 Å². The summed E-state index contributed by atoms with van der Waals surface area (Å²) >= 11 is 0. The molecule has 0 radical (unpaired) electrons. The molecule has 0 unspecified atom stereocenters. The third kappa shape index (κ3) is 4.18. The third-order valence-corrected chi connectivity index (χ3v) is 6.29. The second-order valence-electron chi connectivity index (χ2n) is 8.49. The molecule has 1 saturated carbocycles. The summed E-state index contributed by atoms with van der Waals surface area (Å²) in [6, 6.07) is 14.7. The third-order valence-electron chi connectivity index (χ3n) is 6.29. The second-order valence-corrected chi connectivity index (χ2v) is 8.49. The van der Waals surface area contributed by atoms with Crippen LogP contribution in [0.1, 0.15) is 36.8 Å². The van der Waals surface area contributed by atoms with Gasteiger partial charge in [0.15, 0.2) is 6.04 Å². The van der Waals surface area contributed by atoms with E-state index < -0.39 is 35.5 Å². The Hall–Kier alpha value is -3.39. The summed E-state index contributed by atoms with van der Waals surface area (Å²) in [6.45, 7) is 1.51. The van der Waals surface area contributed by atoms with Crippen molar-refractivity contribution < 1.29 is 29.3 Å². The minimum Gasteiger partial charge on any atom is -0.480 e. The minimum absolute atomic E-state index is 0.0433. The molecule has 2 aliphatic carbocycles. The first-order valence-electron chi connectivity index (χ1n) is 10.6. The molecule has 32 heavy (non-hydrogen) atoms. The zero-order chi connectivity index (χ0) is 22.9. The van der Waals surface area contributed by atoms with Crippen LogP contribution in [0.15, 0.2) is 48.5 Å². The number of aliphatic hydroxyl groups excluding tert-OH is 1. The van der Waals surface area contributed by atoms with Gasteiger partial charge in [-0.05, 0) is 42.0 Å². The van der Waals surface area contributed by atoms with Crippen LogP contribution in [-0.4, -0.2) is 53.5 Å². The van der Waals surface area contributed by atoms with Gasteiger partial charge in [-0.25, -0.2) is 9.59 Å². The number of nitrogens with one attached hydrogen (secondary N) is 2. The van der Waals surface area contributed by atoms with Crippen LogP contribution in [0.2, 0.25) is 0 Å². The number of carboxylic acids is 1. The van der Waals surface area contributed by atoms with Crippen molar-refractivity contribution in [1.29, 1.82) is 0 Å². The molecule has 2 amide bonds. The fourth-order valence-corrected chi connectivity index (χ4v) is 4.21. The standard InChI is InChI=1S/C24H26N2O6/c1-14(27)20(21(28)29)26-22(30)24(10-11-24)13-25-23(31)32-12-19-17-8-4-2-6-15(17)16-7-3-5-9-18(16)19/h2-9,14,19-20,27H,10-13H2,1H3,(H,25,31)(H,26,30)(H,28,29)/t14-,20+/m1/s1. The van der Waals surface area contributed by atoms with Crippen LogP contribution >= 0.6 is 0 Å². The highest BCUT2D eigenvalue weighted by Crippen LogP contribution is 2.46. The number of hydrogen-bond donors (Lipinski definition) is 4. The number of benzene rings is 2. The van der Waals surface area contributed by atoms with Crippen molar-refractivity contribution in [2.75, 3.05) is 13.2 Å². The van der Waals surface area contributed by atoms with Gasteiger partial charge < -0.3 is 25.6 Å². The lowest BCUT2D eigenvalue weighted by Crippen LogP contribution is -2.51. The van der Waals surface area contributed by atoms with Crippen molar-refractivity contribution in [2.24, 2.45) is 5.41 Å². The van der Waals surface area contributed by atoms with E-state index in [0.717, 1.165) is 22.3 Å². The molecule has 0 aliphatic heterocycles. The van der Waals surface area contributed by atoms with Crippen LogP contribution in [0.3, 0.4) is 0 Å². The van der Waals surface area contributed by atoms with Gasteiger partial charge in [-0.15, -0.1) is 0 Å². The number of aliphatic hydroxyl groups is 1. The van der Waals surface area contributed by atoms with Crippen molar-refractivity contribution in [3.05, 3.63) is 59.7 Å². The van der Waals surface area contributed by atoms with E-state index >= 15 is 0 Å². The van der Waals surface area contributed by atoms with Gasteiger partial charge in [0.2, 0.25) is 5.91 Å². The van der Waals surface area contributed by atoms with E-state index in [4.69, 9.17) is 9.84 Å². The summed E-state index contributed by atoms with van der Waals surface area (Å²) in [4.78, 5) is 36.1. The van der Waals surface area contributed by atoms with Gasteiger partial charge in [-0.1, -0.05) is 48.5 Å². The molecule has 0 spiro atoms. The van der Waals surface area contributed by atoms with Gasteiger partial charge >= 0.3 is 12.1 Å². The monoisotopic (exact) mass is 438 g/mol. The topological polar surface area (TPSA) is 125 Å². The Morgan fingerprint density at radius 3 is 2.12 bits per heavy atom. The molecular weight excluding hydrogens is 412 g/mol. The van der Waals surface area contributed by atoms with Gasteiger partial charge in [0, 0.05) is 12.5 Å². The van der Waals surface area contributed by atoms with E-state index in [9.17, 15) is 19.5 Å². The van der Waals surface area contributed by atoms with Gasteiger partial charge in [0.05, 0.1) is 11.5 Å². The van der Waals surface area contributed by atoms with Gasteiger partial charge in [0.1, 0.15) is 6.61 Å². The average Bonchev–Trinajstić information content (AvgIpc) is 3.51. The summed E-state index contributed by atoms with van der Waals surface area (Å²) in [7, 11) is 0. The molecule has 2 aliphatic rings. The number of amides is 2. The molecule has 8 nitrogen and oxygen atoms in total. The highest BCUT2D eigenvalue weighted by atomic mass is 16.5. The number of alkyl carbamates (subject to hydrolysis) is 1. The van der Waals surface area contributed by atoms with E-state index in [0.29, 0.717) is 12.8 Å². The Bertz CT molecular complexity index is 1000. The molecule has 1 fully saturated rings. The number of aliphatic carboxylic acids is 1. The summed E-state index contributed by atoms with van der Waals surface area (Å²) in [5.74, 6) is -1.87. The zero-order valence-electron chi connectivity index (χ0n) is 17.7. The molecule has 4 N–H and O–H groups in total. The zero-order valence-corrected chi connectivity index (χ0v) is 17.7. The largest absolute Gasteiger partial charge is 0.480 e. The minimum atomic E-state index is -1.39. The number of carbonyl (C=O) groups excluding carboxylic acids is 2. The van der Waals surface area contributed by atoms with Gasteiger partial charge in [-0.2, -0.15) is 0 Å². The highest BCUT2D eigenvalue weighted by molar-refractivity contribution is 5.90. The number of ether oxygens (including phenoxy) is 1. The normalized spacial score (nSPS) is 17.4. The van der Waals surface area contributed by atoms with Crippen LogP contribution in [0.5, 0.6) is 0 Å². The smallest absolute Gasteiger partial charge is 0.407 e. The van der Waals surface area contributed by atoms with Crippen molar-refractivity contribution >= 4 is 18.0 Å². The fraction of sp³-hybridized carbons (Fsp3) is 0.375. The lowest BCUT2D eigenvalue weighted by molar-refractivity contribution is -0.145. The van der Waals surface area contributed by atoms with E-state index in [1.165, 1.54) is 6.92 Å². The second kappa shape index (κ2) is 8.63.